The van der Waals surface area contributed by atoms with E-state index in [-0.39, 0.29) is 17.9 Å². The molecular formula is C13H26N2O2. The number of nitrogens with zero attached hydrogens (tertiary/aromatic N) is 2. The number of morpholine rings is 1. The van der Waals surface area contributed by atoms with Gasteiger partial charge in [0.25, 0.3) is 0 Å². The number of carbonyl (C=O) groups excluding carboxylic acids is 1. The van der Waals surface area contributed by atoms with Gasteiger partial charge in [-0.2, -0.15) is 0 Å². The minimum absolute atomic E-state index is 0.0651. The van der Waals surface area contributed by atoms with Crippen molar-refractivity contribution in [1.29, 1.82) is 0 Å². The maximum atomic E-state index is 11.8. The largest absolute Gasteiger partial charge is 0.374 e. The van der Waals surface area contributed by atoms with Gasteiger partial charge in [0.2, 0.25) is 5.91 Å². The van der Waals surface area contributed by atoms with E-state index in [9.17, 15) is 4.79 Å². The van der Waals surface area contributed by atoms with Crippen LogP contribution in [0.2, 0.25) is 0 Å². The minimum Gasteiger partial charge on any atom is -0.374 e. The number of ether oxygens (including phenoxy) is 1. The molecule has 1 aliphatic heterocycles. The van der Waals surface area contributed by atoms with E-state index < -0.39 is 0 Å². The second kappa shape index (κ2) is 6.97. The topological polar surface area (TPSA) is 32.8 Å². The van der Waals surface area contributed by atoms with Crippen molar-refractivity contribution >= 4 is 5.91 Å². The predicted octanol–water partition coefficient (Wildman–Crippen LogP) is 1.21. The molecule has 1 heterocycles. The quantitative estimate of drug-likeness (QED) is 0.726. The lowest BCUT2D eigenvalue weighted by molar-refractivity contribution is -0.136. The summed E-state index contributed by atoms with van der Waals surface area (Å²) in [6.07, 6.45) is 1.34. The van der Waals surface area contributed by atoms with Crippen molar-refractivity contribution in [2.75, 3.05) is 39.8 Å². The summed E-state index contributed by atoms with van der Waals surface area (Å²) < 4.78 is 5.72. The molecule has 0 aromatic carbocycles. The van der Waals surface area contributed by atoms with E-state index in [4.69, 9.17) is 4.74 Å². The third kappa shape index (κ3) is 4.64. The van der Waals surface area contributed by atoms with Gasteiger partial charge in [-0.1, -0.05) is 20.8 Å². The van der Waals surface area contributed by atoms with Crippen molar-refractivity contribution in [1.82, 2.24) is 9.80 Å². The van der Waals surface area contributed by atoms with Gasteiger partial charge in [0, 0.05) is 32.6 Å². The Morgan fingerprint density at radius 3 is 2.82 bits per heavy atom. The average Bonchev–Trinajstić information content (AvgIpc) is 2.28. The maximum Gasteiger partial charge on any atom is 0.224 e. The fourth-order valence-electron chi connectivity index (χ4n) is 2.25. The van der Waals surface area contributed by atoms with Crippen LogP contribution in [0.15, 0.2) is 0 Å². The first-order chi connectivity index (χ1) is 8.04. The molecule has 1 rings (SSSR count). The summed E-state index contributed by atoms with van der Waals surface area (Å²) in [5.74, 6) is 0.261. The monoisotopic (exact) mass is 242 g/mol. The second-order valence-electron chi connectivity index (χ2n) is 5.17. The van der Waals surface area contributed by atoms with Crippen molar-refractivity contribution in [3.05, 3.63) is 0 Å². The third-order valence-corrected chi connectivity index (χ3v) is 3.11. The van der Waals surface area contributed by atoms with Crippen molar-refractivity contribution in [2.45, 2.75) is 33.3 Å². The summed E-state index contributed by atoms with van der Waals surface area (Å²) >= 11 is 0. The van der Waals surface area contributed by atoms with Gasteiger partial charge in [-0.05, 0) is 13.0 Å². The van der Waals surface area contributed by atoms with E-state index >= 15 is 0 Å². The number of hydrogen-bond acceptors (Lipinski definition) is 3. The lowest BCUT2D eigenvalue weighted by Crippen LogP contribution is -2.48. The molecule has 0 aromatic rings. The zero-order valence-electron chi connectivity index (χ0n) is 11.6. The van der Waals surface area contributed by atoms with Gasteiger partial charge in [0.1, 0.15) is 0 Å². The Bertz CT molecular complexity index is 242. The van der Waals surface area contributed by atoms with Crippen LogP contribution in [-0.2, 0) is 9.53 Å². The molecule has 0 aromatic heterocycles. The average molecular weight is 242 g/mol. The highest BCUT2D eigenvalue weighted by molar-refractivity contribution is 5.77. The van der Waals surface area contributed by atoms with Crippen molar-refractivity contribution in [2.24, 2.45) is 5.92 Å². The molecule has 0 saturated carbocycles. The fourth-order valence-corrected chi connectivity index (χ4v) is 2.25. The molecule has 0 spiro atoms. The molecule has 4 nitrogen and oxygen atoms in total. The molecule has 1 saturated heterocycles. The van der Waals surface area contributed by atoms with Crippen LogP contribution in [0.4, 0.5) is 0 Å². The maximum absolute atomic E-state index is 11.8. The van der Waals surface area contributed by atoms with Crippen LogP contribution < -0.4 is 0 Å². The van der Waals surface area contributed by atoms with E-state index in [2.05, 4.69) is 11.8 Å². The first-order valence-corrected chi connectivity index (χ1v) is 6.63. The van der Waals surface area contributed by atoms with Crippen LogP contribution in [-0.4, -0.2) is 61.6 Å². The Labute approximate surface area is 105 Å². The molecule has 1 unspecified atom stereocenters. The fraction of sp³-hybridized carbons (Fsp3) is 0.923. The van der Waals surface area contributed by atoms with Gasteiger partial charge < -0.3 is 9.64 Å². The van der Waals surface area contributed by atoms with Crippen molar-refractivity contribution < 1.29 is 9.53 Å². The Kier molecular flexibility index (Phi) is 5.92. The smallest absolute Gasteiger partial charge is 0.224 e. The van der Waals surface area contributed by atoms with E-state index in [1.165, 1.54) is 6.42 Å². The number of amides is 1. The highest BCUT2D eigenvalue weighted by Crippen LogP contribution is 2.08. The van der Waals surface area contributed by atoms with Crippen LogP contribution in [0.5, 0.6) is 0 Å². The summed E-state index contributed by atoms with van der Waals surface area (Å²) in [7, 11) is 1.87. The zero-order valence-corrected chi connectivity index (χ0v) is 11.6. The van der Waals surface area contributed by atoms with Crippen molar-refractivity contribution in [3.8, 4) is 0 Å². The molecule has 17 heavy (non-hydrogen) atoms. The number of likely N-dealkylation sites (N-methyl/N-ethyl adjacent to an activating group) is 1. The summed E-state index contributed by atoms with van der Waals surface area (Å²) in [5, 5.41) is 0. The first-order valence-electron chi connectivity index (χ1n) is 6.63. The molecule has 1 amide bonds. The SMILES string of the molecule is CCCN1CCOC(CN(C)C(=O)C(C)C)C1. The van der Waals surface area contributed by atoms with Gasteiger partial charge in [-0.25, -0.2) is 0 Å². The normalized spacial score (nSPS) is 21.8. The number of carbonyl (C=O) groups is 1. The van der Waals surface area contributed by atoms with Gasteiger partial charge in [-0.15, -0.1) is 0 Å². The molecule has 1 atom stereocenters. The van der Waals surface area contributed by atoms with E-state index in [0.717, 1.165) is 26.2 Å². The van der Waals surface area contributed by atoms with Gasteiger partial charge in [0.15, 0.2) is 0 Å². The van der Waals surface area contributed by atoms with Crippen LogP contribution in [0.1, 0.15) is 27.2 Å². The van der Waals surface area contributed by atoms with Gasteiger partial charge in [-0.3, -0.25) is 9.69 Å². The highest BCUT2D eigenvalue weighted by atomic mass is 16.5. The van der Waals surface area contributed by atoms with Gasteiger partial charge in [0.05, 0.1) is 12.7 Å². The summed E-state index contributed by atoms with van der Waals surface area (Å²) in [6.45, 7) is 10.6. The van der Waals surface area contributed by atoms with E-state index in [0.29, 0.717) is 6.54 Å². The minimum atomic E-state index is 0.0651. The summed E-state index contributed by atoms with van der Waals surface area (Å²) in [4.78, 5) is 16.0. The highest BCUT2D eigenvalue weighted by Gasteiger charge is 2.23. The van der Waals surface area contributed by atoms with Crippen LogP contribution >= 0.6 is 0 Å². The molecule has 0 N–H and O–H groups in total. The van der Waals surface area contributed by atoms with Crippen LogP contribution in [0.3, 0.4) is 0 Å². The number of hydrogen-bond donors (Lipinski definition) is 0. The third-order valence-electron chi connectivity index (χ3n) is 3.11. The first kappa shape index (κ1) is 14.5. The molecule has 0 aliphatic carbocycles. The molecule has 0 radical (unpaired) electrons. The molecule has 1 aliphatic rings. The molecular weight excluding hydrogens is 216 g/mol. The van der Waals surface area contributed by atoms with E-state index in [1.807, 2.05) is 20.9 Å². The standard InChI is InChI=1S/C13H26N2O2/c1-5-6-15-7-8-17-12(10-15)9-14(4)13(16)11(2)3/h11-12H,5-10H2,1-4H3. The lowest BCUT2D eigenvalue weighted by atomic mass is 10.2. The summed E-state index contributed by atoms with van der Waals surface area (Å²) in [6, 6.07) is 0. The molecule has 100 valence electrons. The molecule has 1 fully saturated rings. The second-order valence-corrected chi connectivity index (χ2v) is 5.17. The van der Waals surface area contributed by atoms with E-state index in [1.54, 1.807) is 4.90 Å². The Balaban J connectivity index is 2.37. The molecule has 4 heteroatoms. The van der Waals surface area contributed by atoms with Crippen molar-refractivity contribution in [3.63, 3.8) is 0 Å². The Hall–Kier alpha value is -0.610. The van der Waals surface area contributed by atoms with Crippen LogP contribution in [0.25, 0.3) is 0 Å². The molecule has 0 bridgehead atoms. The van der Waals surface area contributed by atoms with Gasteiger partial charge >= 0.3 is 0 Å². The summed E-state index contributed by atoms with van der Waals surface area (Å²) in [5.41, 5.74) is 0. The predicted molar refractivity (Wildman–Crippen MR) is 68.9 cm³/mol. The zero-order chi connectivity index (χ0) is 12.8. The Morgan fingerprint density at radius 2 is 2.24 bits per heavy atom. The lowest BCUT2D eigenvalue weighted by Gasteiger charge is -2.35. The number of rotatable bonds is 5. The van der Waals surface area contributed by atoms with Crippen LogP contribution in [0, 0.1) is 5.92 Å². The Morgan fingerprint density at radius 1 is 1.53 bits per heavy atom.